The molecule has 0 aromatic heterocycles. The number of carbonyl (C=O) groups excluding carboxylic acids is 2. The SMILES string of the molecule is CC1(C(=O)O)CCCN1C(=O)/C=C/CNC(=O)OCC1c2ccccc2-c2ccccc21. The highest BCUT2D eigenvalue weighted by molar-refractivity contribution is 5.93. The van der Waals surface area contributed by atoms with E-state index in [0.717, 1.165) is 22.3 Å². The molecule has 2 N–H and O–H groups in total. The first-order valence-corrected chi connectivity index (χ1v) is 10.7. The van der Waals surface area contributed by atoms with E-state index in [1.807, 2.05) is 24.3 Å². The number of carboxylic acid groups (broad SMARTS) is 1. The molecule has 32 heavy (non-hydrogen) atoms. The molecule has 1 aliphatic carbocycles. The van der Waals surface area contributed by atoms with Crippen LogP contribution in [0.4, 0.5) is 4.79 Å². The highest BCUT2D eigenvalue weighted by atomic mass is 16.5. The van der Waals surface area contributed by atoms with E-state index in [2.05, 4.69) is 29.6 Å². The third kappa shape index (κ3) is 3.98. The van der Waals surface area contributed by atoms with Crippen molar-refractivity contribution in [3.05, 3.63) is 71.8 Å². The molecule has 1 atom stereocenters. The molecule has 1 aliphatic heterocycles. The third-order valence-corrected chi connectivity index (χ3v) is 6.34. The van der Waals surface area contributed by atoms with Gasteiger partial charge in [0.1, 0.15) is 12.1 Å². The summed E-state index contributed by atoms with van der Waals surface area (Å²) in [6.45, 7) is 2.29. The van der Waals surface area contributed by atoms with Crippen molar-refractivity contribution in [1.82, 2.24) is 10.2 Å². The average Bonchev–Trinajstić information content (AvgIpc) is 3.34. The summed E-state index contributed by atoms with van der Waals surface area (Å²) in [5.74, 6) is -1.40. The second kappa shape index (κ2) is 8.86. The molecule has 0 radical (unpaired) electrons. The van der Waals surface area contributed by atoms with E-state index in [4.69, 9.17) is 4.74 Å². The van der Waals surface area contributed by atoms with Gasteiger partial charge in [0.15, 0.2) is 0 Å². The van der Waals surface area contributed by atoms with Gasteiger partial charge in [-0.2, -0.15) is 0 Å². The molecule has 0 saturated carbocycles. The first-order chi connectivity index (χ1) is 15.4. The Hall–Kier alpha value is -3.61. The number of carboxylic acids is 1. The molecular formula is C25H26N2O5. The van der Waals surface area contributed by atoms with Crippen LogP contribution in [0.3, 0.4) is 0 Å². The first kappa shape index (κ1) is 21.6. The van der Waals surface area contributed by atoms with Crippen molar-refractivity contribution in [1.29, 1.82) is 0 Å². The number of carbonyl (C=O) groups is 3. The number of ether oxygens (including phenoxy) is 1. The van der Waals surface area contributed by atoms with E-state index in [9.17, 15) is 19.5 Å². The molecule has 166 valence electrons. The molecule has 7 nitrogen and oxygen atoms in total. The molecule has 1 fully saturated rings. The van der Waals surface area contributed by atoms with E-state index in [-0.39, 0.29) is 25.0 Å². The molecule has 2 aliphatic rings. The van der Waals surface area contributed by atoms with Crippen LogP contribution in [0.5, 0.6) is 0 Å². The molecular weight excluding hydrogens is 408 g/mol. The molecule has 1 heterocycles. The Morgan fingerprint density at radius 1 is 1.12 bits per heavy atom. The lowest BCUT2D eigenvalue weighted by Crippen LogP contribution is -2.50. The minimum atomic E-state index is -1.18. The second-order valence-corrected chi connectivity index (χ2v) is 8.28. The maximum Gasteiger partial charge on any atom is 0.407 e. The Morgan fingerprint density at radius 2 is 1.75 bits per heavy atom. The fourth-order valence-corrected chi connectivity index (χ4v) is 4.58. The van der Waals surface area contributed by atoms with Crippen molar-refractivity contribution in [3.63, 3.8) is 0 Å². The summed E-state index contributed by atoms with van der Waals surface area (Å²) in [4.78, 5) is 37.4. The van der Waals surface area contributed by atoms with Gasteiger partial charge < -0.3 is 20.1 Å². The number of hydrogen-bond donors (Lipinski definition) is 2. The lowest BCUT2D eigenvalue weighted by Gasteiger charge is -2.30. The summed E-state index contributed by atoms with van der Waals surface area (Å²) < 4.78 is 5.45. The lowest BCUT2D eigenvalue weighted by atomic mass is 9.98. The Balaban J connectivity index is 1.29. The van der Waals surface area contributed by atoms with E-state index < -0.39 is 17.6 Å². The van der Waals surface area contributed by atoms with Crippen LogP contribution in [0.1, 0.15) is 36.8 Å². The number of benzene rings is 2. The van der Waals surface area contributed by atoms with E-state index >= 15 is 0 Å². The van der Waals surface area contributed by atoms with Crippen molar-refractivity contribution in [2.24, 2.45) is 0 Å². The summed E-state index contributed by atoms with van der Waals surface area (Å²) in [6, 6.07) is 16.2. The van der Waals surface area contributed by atoms with Gasteiger partial charge in [-0.25, -0.2) is 9.59 Å². The minimum absolute atomic E-state index is 0.0193. The summed E-state index contributed by atoms with van der Waals surface area (Å²) in [5.41, 5.74) is 3.42. The number of hydrogen-bond acceptors (Lipinski definition) is 4. The molecule has 2 aromatic rings. The number of nitrogens with one attached hydrogen (secondary N) is 1. The second-order valence-electron chi connectivity index (χ2n) is 8.28. The van der Waals surface area contributed by atoms with Gasteiger partial charge in [0.05, 0.1) is 0 Å². The standard InChI is InChI=1S/C25H26N2O5/c1-25(23(29)30)13-7-15-27(25)22(28)12-6-14-26-24(31)32-16-21-19-10-4-2-8-17(19)18-9-3-5-11-20(18)21/h2-6,8-12,21H,7,13-16H2,1H3,(H,26,31)(H,29,30)/b12-6+. The zero-order valence-corrected chi connectivity index (χ0v) is 17.9. The van der Waals surface area contributed by atoms with Crippen molar-refractivity contribution >= 4 is 18.0 Å². The Kier molecular flexibility index (Phi) is 5.99. The highest BCUT2D eigenvalue weighted by Gasteiger charge is 2.45. The van der Waals surface area contributed by atoms with Crippen LogP contribution < -0.4 is 5.32 Å². The van der Waals surface area contributed by atoms with Gasteiger partial charge in [0, 0.05) is 25.1 Å². The Labute approximate surface area is 186 Å². The first-order valence-electron chi connectivity index (χ1n) is 10.7. The predicted octanol–water partition coefficient (Wildman–Crippen LogP) is 3.55. The van der Waals surface area contributed by atoms with Crippen molar-refractivity contribution in [2.75, 3.05) is 19.7 Å². The number of alkyl carbamates (subject to hydrolysis) is 1. The van der Waals surface area contributed by atoms with Crippen LogP contribution in [0.25, 0.3) is 11.1 Å². The molecule has 1 unspecified atom stereocenters. The zero-order chi connectivity index (χ0) is 22.7. The lowest BCUT2D eigenvalue weighted by molar-refractivity contribution is -0.153. The quantitative estimate of drug-likeness (QED) is 0.678. The Morgan fingerprint density at radius 3 is 2.38 bits per heavy atom. The van der Waals surface area contributed by atoms with Crippen LogP contribution in [0.2, 0.25) is 0 Å². The monoisotopic (exact) mass is 434 g/mol. The number of fused-ring (bicyclic) bond motifs is 3. The van der Waals surface area contributed by atoms with Gasteiger partial charge >= 0.3 is 12.1 Å². The third-order valence-electron chi connectivity index (χ3n) is 6.34. The van der Waals surface area contributed by atoms with Gasteiger partial charge in [-0.3, -0.25) is 4.79 Å². The minimum Gasteiger partial charge on any atom is -0.480 e. The largest absolute Gasteiger partial charge is 0.480 e. The van der Waals surface area contributed by atoms with Gasteiger partial charge in [0.25, 0.3) is 0 Å². The van der Waals surface area contributed by atoms with Gasteiger partial charge in [-0.1, -0.05) is 54.6 Å². The molecule has 0 spiro atoms. The van der Waals surface area contributed by atoms with Crippen LogP contribution in [0, 0.1) is 0 Å². The highest BCUT2D eigenvalue weighted by Crippen LogP contribution is 2.44. The van der Waals surface area contributed by atoms with Crippen molar-refractivity contribution in [2.45, 2.75) is 31.2 Å². The molecule has 7 heteroatoms. The number of rotatable bonds is 6. The van der Waals surface area contributed by atoms with Gasteiger partial charge in [-0.15, -0.1) is 0 Å². The number of amides is 2. The Bertz CT molecular complexity index is 1030. The van der Waals surface area contributed by atoms with Crippen molar-refractivity contribution in [3.8, 4) is 11.1 Å². The van der Waals surface area contributed by atoms with Crippen molar-refractivity contribution < 1.29 is 24.2 Å². The van der Waals surface area contributed by atoms with Crippen LogP contribution >= 0.6 is 0 Å². The average molecular weight is 434 g/mol. The fourth-order valence-electron chi connectivity index (χ4n) is 4.58. The molecule has 2 amide bonds. The van der Waals surface area contributed by atoms with Crippen LogP contribution in [-0.2, 0) is 14.3 Å². The smallest absolute Gasteiger partial charge is 0.407 e. The molecule has 2 aromatic carbocycles. The number of aliphatic carboxylic acids is 1. The predicted molar refractivity (Wildman–Crippen MR) is 119 cm³/mol. The maximum absolute atomic E-state index is 12.4. The van der Waals surface area contributed by atoms with Gasteiger partial charge in [-0.05, 0) is 42.0 Å². The normalized spacial score (nSPS) is 19.6. The van der Waals surface area contributed by atoms with Gasteiger partial charge in [0.2, 0.25) is 5.91 Å². The number of nitrogens with zero attached hydrogens (tertiary/aromatic N) is 1. The molecule has 1 saturated heterocycles. The molecule has 0 bridgehead atoms. The number of likely N-dealkylation sites (tertiary alicyclic amines) is 1. The fraction of sp³-hybridized carbons (Fsp3) is 0.320. The molecule has 4 rings (SSSR count). The summed E-state index contributed by atoms with van der Waals surface area (Å²) in [7, 11) is 0. The van der Waals surface area contributed by atoms with Crippen LogP contribution in [-0.4, -0.2) is 53.2 Å². The summed E-state index contributed by atoms with van der Waals surface area (Å²) >= 11 is 0. The summed E-state index contributed by atoms with van der Waals surface area (Å²) in [5, 5.41) is 12.0. The van der Waals surface area contributed by atoms with E-state index in [0.29, 0.717) is 19.4 Å². The topological polar surface area (TPSA) is 95.9 Å². The van der Waals surface area contributed by atoms with E-state index in [1.165, 1.54) is 17.1 Å². The van der Waals surface area contributed by atoms with Crippen LogP contribution in [0.15, 0.2) is 60.7 Å². The maximum atomic E-state index is 12.4. The van der Waals surface area contributed by atoms with E-state index in [1.54, 1.807) is 6.92 Å². The zero-order valence-electron chi connectivity index (χ0n) is 17.9. The summed E-state index contributed by atoms with van der Waals surface area (Å²) in [6.07, 6.45) is 3.32.